The average Bonchev–Trinajstić information content (AvgIpc) is 2.46. The first kappa shape index (κ1) is 13.0. The molecule has 0 N–H and O–H groups in total. The van der Waals surface area contributed by atoms with E-state index in [1.165, 1.54) is 0 Å². The standard InChI is InChI=1S/C15H18O2Si/c1-15(17-18-16-2,13-9-5-3-6-10-13)14-11-7-4-8-12-14/h3-12H,18H2,1-2H3. The lowest BCUT2D eigenvalue weighted by atomic mass is 9.88. The van der Waals surface area contributed by atoms with Crippen molar-refractivity contribution < 1.29 is 8.85 Å². The molecule has 2 aromatic rings. The fourth-order valence-electron chi connectivity index (χ4n) is 2.02. The maximum absolute atomic E-state index is 6.07. The van der Waals surface area contributed by atoms with Crippen LogP contribution in [-0.4, -0.2) is 17.1 Å². The maximum atomic E-state index is 6.07. The number of hydrogen-bond acceptors (Lipinski definition) is 2. The zero-order chi connectivity index (χ0) is 12.8. The van der Waals surface area contributed by atoms with Gasteiger partial charge >= 0.3 is 10.0 Å². The van der Waals surface area contributed by atoms with Crippen LogP contribution >= 0.6 is 0 Å². The first-order valence-electron chi connectivity index (χ1n) is 6.01. The second-order valence-corrected chi connectivity index (χ2v) is 5.42. The van der Waals surface area contributed by atoms with Gasteiger partial charge in [-0.1, -0.05) is 60.7 Å². The minimum absolute atomic E-state index is 0.426. The molecule has 0 spiro atoms. The van der Waals surface area contributed by atoms with Crippen LogP contribution in [0.5, 0.6) is 0 Å². The summed E-state index contributed by atoms with van der Waals surface area (Å²) in [7, 11) is 0.727. The van der Waals surface area contributed by atoms with Gasteiger partial charge in [-0.05, 0) is 18.1 Å². The molecule has 0 aliphatic rings. The number of hydrogen-bond donors (Lipinski definition) is 0. The molecule has 2 rings (SSSR count). The Bertz CT molecular complexity index is 431. The Balaban J connectivity index is 2.41. The van der Waals surface area contributed by atoms with Gasteiger partial charge in [0, 0.05) is 7.11 Å². The van der Waals surface area contributed by atoms with Crippen molar-refractivity contribution in [3.8, 4) is 0 Å². The van der Waals surface area contributed by atoms with Crippen LogP contribution in [0.2, 0.25) is 0 Å². The van der Waals surface area contributed by atoms with Crippen LogP contribution in [0.15, 0.2) is 60.7 Å². The topological polar surface area (TPSA) is 18.5 Å². The van der Waals surface area contributed by atoms with Crippen molar-refractivity contribution in [2.75, 3.05) is 7.11 Å². The summed E-state index contributed by atoms with van der Waals surface area (Å²) in [5.41, 5.74) is 1.88. The van der Waals surface area contributed by atoms with Crippen molar-refractivity contribution in [2.24, 2.45) is 0 Å². The Morgan fingerprint density at radius 3 is 1.67 bits per heavy atom. The predicted molar refractivity (Wildman–Crippen MR) is 76.0 cm³/mol. The summed E-state index contributed by atoms with van der Waals surface area (Å²) in [6.07, 6.45) is 0. The van der Waals surface area contributed by atoms with Crippen molar-refractivity contribution in [3.63, 3.8) is 0 Å². The van der Waals surface area contributed by atoms with E-state index in [1.807, 2.05) is 36.4 Å². The van der Waals surface area contributed by atoms with E-state index in [2.05, 4.69) is 31.2 Å². The third-order valence-electron chi connectivity index (χ3n) is 3.11. The van der Waals surface area contributed by atoms with Crippen molar-refractivity contribution >= 4 is 10.0 Å². The summed E-state index contributed by atoms with van der Waals surface area (Å²) in [5, 5.41) is 0. The molecule has 0 heterocycles. The third kappa shape index (κ3) is 2.69. The summed E-state index contributed by atoms with van der Waals surface area (Å²) in [6.45, 7) is 2.10. The highest BCUT2D eigenvalue weighted by Crippen LogP contribution is 2.32. The van der Waals surface area contributed by atoms with Gasteiger partial charge in [0.15, 0.2) is 0 Å². The van der Waals surface area contributed by atoms with Gasteiger partial charge in [0.05, 0.1) is 0 Å². The van der Waals surface area contributed by atoms with Gasteiger partial charge in [-0.15, -0.1) is 0 Å². The summed E-state index contributed by atoms with van der Waals surface area (Å²) >= 11 is 0. The molecule has 0 radical (unpaired) electrons. The van der Waals surface area contributed by atoms with Crippen molar-refractivity contribution in [1.82, 2.24) is 0 Å². The second kappa shape index (κ2) is 5.95. The van der Waals surface area contributed by atoms with E-state index in [4.69, 9.17) is 8.85 Å². The molecule has 0 saturated heterocycles. The molecule has 0 unspecified atom stereocenters. The molecule has 3 heteroatoms. The van der Waals surface area contributed by atoms with E-state index in [-0.39, 0.29) is 0 Å². The van der Waals surface area contributed by atoms with Gasteiger partial charge in [0.2, 0.25) is 0 Å². The predicted octanol–water partition coefficient (Wildman–Crippen LogP) is 2.61. The largest absolute Gasteiger partial charge is 0.402 e. The Morgan fingerprint density at radius 2 is 1.28 bits per heavy atom. The van der Waals surface area contributed by atoms with Gasteiger partial charge in [0.25, 0.3) is 0 Å². The van der Waals surface area contributed by atoms with Gasteiger partial charge in [-0.25, -0.2) is 0 Å². The first-order valence-corrected chi connectivity index (χ1v) is 7.17. The number of rotatable bonds is 5. The normalized spacial score (nSPS) is 12.1. The average molecular weight is 258 g/mol. The number of benzene rings is 2. The molecule has 0 saturated carbocycles. The van der Waals surface area contributed by atoms with Gasteiger partial charge in [-0.3, -0.25) is 0 Å². The van der Waals surface area contributed by atoms with Crippen LogP contribution < -0.4 is 0 Å². The molecular formula is C15H18O2Si. The van der Waals surface area contributed by atoms with Crippen molar-refractivity contribution in [3.05, 3.63) is 71.8 Å². The smallest absolute Gasteiger partial charge is 0.305 e. The van der Waals surface area contributed by atoms with E-state index in [9.17, 15) is 0 Å². The molecule has 0 atom stereocenters. The Morgan fingerprint density at radius 1 is 0.833 bits per heavy atom. The highest BCUT2D eigenvalue weighted by Gasteiger charge is 2.29. The third-order valence-corrected chi connectivity index (χ3v) is 4.05. The quantitative estimate of drug-likeness (QED) is 0.768. The molecule has 0 aliphatic carbocycles. The lowest BCUT2D eigenvalue weighted by molar-refractivity contribution is 0.108. The van der Waals surface area contributed by atoms with Crippen molar-refractivity contribution in [2.45, 2.75) is 12.5 Å². The fourth-order valence-corrected chi connectivity index (χ4v) is 2.71. The minimum Gasteiger partial charge on any atom is -0.402 e. The summed E-state index contributed by atoms with van der Waals surface area (Å²) in [5.74, 6) is 0. The highest BCUT2D eigenvalue weighted by atomic mass is 28.3. The van der Waals surface area contributed by atoms with Crippen molar-refractivity contribution in [1.29, 1.82) is 0 Å². The van der Waals surface area contributed by atoms with E-state index in [0.717, 1.165) is 11.1 Å². The summed E-state index contributed by atoms with van der Waals surface area (Å²) in [6, 6.07) is 20.6. The minimum atomic E-state index is -0.970. The Kier molecular flexibility index (Phi) is 4.31. The van der Waals surface area contributed by atoms with Crippen LogP contribution in [0.25, 0.3) is 0 Å². The van der Waals surface area contributed by atoms with Gasteiger partial charge in [-0.2, -0.15) is 0 Å². The maximum Gasteiger partial charge on any atom is 0.305 e. The molecule has 0 fully saturated rings. The second-order valence-electron chi connectivity index (χ2n) is 4.32. The van der Waals surface area contributed by atoms with E-state index in [1.54, 1.807) is 7.11 Å². The zero-order valence-electron chi connectivity index (χ0n) is 10.8. The van der Waals surface area contributed by atoms with E-state index in [0.29, 0.717) is 0 Å². The molecule has 18 heavy (non-hydrogen) atoms. The molecule has 94 valence electrons. The Labute approximate surface area is 111 Å². The van der Waals surface area contributed by atoms with Crippen LogP contribution in [0.1, 0.15) is 18.1 Å². The van der Waals surface area contributed by atoms with Crippen LogP contribution in [0, 0.1) is 0 Å². The van der Waals surface area contributed by atoms with Crippen LogP contribution in [0.3, 0.4) is 0 Å². The molecule has 0 aromatic heterocycles. The van der Waals surface area contributed by atoms with Crippen LogP contribution in [-0.2, 0) is 14.5 Å². The fraction of sp³-hybridized carbons (Fsp3) is 0.200. The molecule has 0 bridgehead atoms. The first-order chi connectivity index (χ1) is 8.77. The molecular weight excluding hydrogens is 240 g/mol. The summed E-state index contributed by atoms with van der Waals surface area (Å²) < 4.78 is 11.3. The van der Waals surface area contributed by atoms with Gasteiger partial charge in [0.1, 0.15) is 5.60 Å². The molecule has 0 aliphatic heterocycles. The molecule has 2 nitrogen and oxygen atoms in total. The summed E-state index contributed by atoms with van der Waals surface area (Å²) in [4.78, 5) is 0. The monoisotopic (exact) mass is 258 g/mol. The van der Waals surface area contributed by atoms with Crippen LogP contribution in [0.4, 0.5) is 0 Å². The lowest BCUT2D eigenvalue weighted by Gasteiger charge is -2.31. The molecule has 2 aromatic carbocycles. The Hall–Kier alpha value is -1.42. The SMILES string of the molecule is CO[SiH2]OC(C)(c1ccccc1)c1ccccc1. The molecule has 0 amide bonds. The van der Waals surface area contributed by atoms with E-state index < -0.39 is 15.6 Å². The zero-order valence-corrected chi connectivity index (χ0v) is 12.2. The highest BCUT2D eigenvalue weighted by molar-refractivity contribution is 6.18. The lowest BCUT2D eigenvalue weighted by Crippen LogP contribution is -2.29. The van der Waals surface area contributed by atoms with Gasteiger partial charge < -0.3 is 8.85 Å². The van der Waals surface area contributed by atoms with E-state index >= 15 is 0 Å².